The van der Waals surface area contributed by atoms with Crippen molar-refractivity contribution in [2.75, 3.05) is 0 Å². The van der Waals surface area contributed by atoms with Gasteiger partial charge in [-0.3, -0.25) is 4.79 Å². The molecule has 0 saturated heterocycles. The number of amides is 1. The summed E-state index contributed by atoms with van der Waals surface area (Å²) in [5.74, 6) is -0.642. The van der Waals surface area contributed by atoms with Crippen LogP contribution in [0.4, 0.5) is 0 Å². The normalized spacial score (nSPS) is 10.7. The van der Waals surface area contributed by atoms with Gasteiger partial charge in [-0.25, -0.2) is 9.78 Å². The monoisotopic (exact) mass is 277 g/mol. The van der Waals surface area contributed by atoms with Gasteiger partial charge < -0.3 is 15.4 Å². The Balaban J connectivity index is 2.03. The minimum atomic E-state index is -1.05. The van der Waals surface area contributed by atoms with E-state index in [4.69, 9.17) is 5.11 Å². The second-order valence-corrected chi connectivity index (χ2v) is 4.51. The first-order valence-corrected chi connectivity index (χ1v) is 6.29. The van der Waals surface area contributed by atoms with Crippen LogP contribution in [0.1, 0.15) is 21.1 Å². The zero-order valence-electron chi connectivity index (χ0n) is 9.79. The van der Waals surface area contributed by atoms with Crippen LogP contribution in [0.3, 0.4) is 0 Å². The molecule has 0 aliphatic heterocycles. The predicted molar refractivity (Wildman–Crippen MR) is 70.7 cm³/mol. The second-order valence-electron chi connectivity index (χ2n) is 3.60. The Hall–Kier alpha value is -2.41. The molecule has 0 aliphatic carbocycles. The Bertz CT molecular complexity index is 602. The molecule has 0 aromatic carbocycles. The van der Waals surface area contributed by atoms with Crippen LogP contribution in [-0.2, 0) is 11.3 Å². The van der Waals surface area contributed by atoms with Gasteiger partial charge >= 0.3 is 5.97 Å². The van der Waals surface area contributed by atoms with Crippen LogP contribution in [0.15, 0.2) is 29.9 Å². The average Bonchev–Trinajstić information content (AvgIpc) is 3.04. The SMILES string of the molecule is O=C(O)C=Cc1ccsc1C(=O)NCc1ncc[nH]1. The second kappa shape index (κ2) is 5.96. The van der Waals surface area contributed by atoms with E-state index in [2.05, 4.69) is 15.3 Å². The van der Waals surface area contributed by atoms with Crippen molar-refractivity contribution in [3.8, 4) is 0 Å². The summed E-state index contributed by atoms with van der Waals surface area (Å²) in [7, 11) is 0. The fourth-order valence-corrected chi connectivity index (χ4v) is 2.24. The Labute approximate surface area is 112 Å². The molecule has 2 aromatic heterocycles. The quantitative estimate of drug-likeness (QED) is 0.722. The Morgan fingerprint density at radius 2 is 2.37 bits per heavy atom. The van der Waals surface area contributed by atoms with Crippen molar-refractivity contribution in [1.82, 2.24) is 15.3 Å². The minimum absolute atomic E-state index is 0.253. The maximum Gasteiger partial charge on any atom is 0.328 e. The molecule has 0 atom stereocenters. The van der Waals surface area contributed by atoms with Crippen LogP contribution in [0, 0.1) is 0 Å². The molecule has 0 unspecified atom stereocenters. The number of rotatable bonds is 5. The van der Waals surface area contributed by atoms with Gasteiger partial charge in [0, 0.05) is 18.5 Å². The van der Waals surface area contributed by atoms with Crippen molar-refractivity contribution in [1.29, 1.82) is 0 Å². The summed E-state index contributed by atoms with van der Waals surface area (Å²) in [4.78, 5) is 29.8. The van der Waals surface area contributed by atoms with Gasteiger partial charge in [0.2, 0.25) is 0 Å². The number of aromatic amines is 1. The molecule has 0 saturated carbocycles. The van der Waals surface area contributed by atoms with Gasteiger partial charge in [-0.15, -0.1) is 11.3 Å². The van der Waals surface area contributed by atoms with Crippen molar-refractivity contribution in [2.45, 2.75) is 6.54 Å². The lowest BCUT2D eigenvalue weighted by molar-refractivity contribution is -0.131. The van der Waals surface area contributed by atoms with E-state index >= 15 is 0 Å². The molecule has 19 heavy (non-hydrogen) atoms. The zero-order valence-corrected chi connectivity index (χ0v) is 10.6. The van der Waals surface area contributed by atoms with Crippen LogP contribution in [0.2, 0.25) is 0 Å². The Morgan fingerprint density at radius 1 is 1.53 bits per heavy atom. The summed E-state index contributed by atoms with van der Waals surface area (Å²) in [6.07, 6.45) is 5.69. The number of imidazole rings is 1. The minimum Gasteiger partial charge on any atom is -0.478 e. The lowest BCUT2D eigenvalue weighted by Crippen LogP contribution is -2.23. The number of aliphatic carboxylic acids is 1. The van der Waals surface area contributed by atoms with E-state index < -0.39 is 5.97 Å². The highest BCUT2D eigenvalue weighted by molar-refractivity contribution is 7.12. The predicted octanol–water partition coefficient (Wildman–Crippen LogP) is 1.50. The number of H-pyrrole nitrogens is 1. The number of hydrogen-bond donors (Lipinski definition) is 3. The molecular formula is C12H11N3O3S. The van der Waals surface area contributed by atoms with E-state index in [1.165, 1.54) is 17.4 Å². The first kappa shape index (κ1) is 13.0. The molecular weight excluding hydrogens is 266 g/mol. The van der Waals surface area contributed by atoms with Gasteiger partial charge in [-0.05, 0) is 23.1 Å². The fourth-order valence-electron chi connectivity index (χ4n) is 1.43. The van der Waals surface area contributed by atoms with Gasteiger partial charge in [0.1, 0.15) is 5.82 Å². The summed E-state index contributed by atoms with van der Waals surface area (Å²) >= 11 is 1.26. The number of carboxylic acids is 1. The number of aromatic nitrogens is 2. The first-order chi connectivity index (χ1) is 9.16. The highest BCUT2D eigenvalue weighted by Crippen LogP contribution is 2.18. The number of thiophene rings is 1. The summed E-state index contributed by atoms with van der Waals surface area (Å²) in [6.45, 7) is 0.297. The Kier molecular flexibility index (Phi) is 4.09. The molecule has 2 heterocycles. The van der Waals surface area contributed by atoms with Crippen LogP contribution < -0.4 is 5.32 Å². The number of carboxylic acid groups (broad SMARTS) is 1. The van der Waals surface area contributed by atoms with E-state index in [-0.39, 0.29) is 5.91 Å². The molecule has 3 N–H and O–H groups in total. The third-order valence-electron chi connectivity index (χ3n) is 2.28. The summed E-state index contributed by atoms with van der Waals surface area (Å²) < 4.78 is 0. The van der Waals surface area contributed by atoms with Gasteiger partial charge in [-0.1, -0.05) is 0 Å². The lowest BCUT2D eigenvalue weighted by Gasteiger charge is -2.02. The number of carbonyl (C=O) groups excluding carboxylic acids is 1. The van der Waals surface area contributed by atoms with Gasteiger partial charge in [0.25, 0.3) is 5.91 Å². The number of hydrogen-bond acceptors (Lipinski definition) is 4. The standard InChI is InChI=1S/C12H11N3O3S/c16-10(17)2-1-8-3-6-19-11(8)12(18)15-7-9-13-4-5-14-9/h1-6H,7H2,(H,13,14)(H,15,18)(H,16,17). The molecule has 0 radical (unpaired) electrons. The van der Waals surface area contributed by atoms with Gasteiger partial charge in [-0.2, -0.15) is 0 Å². The van der Waals surface area contributed by atoms with Crippen LogP contribution >= 0.6 is 11.3 Å². The van der Waals surface area contributed by atoms with E-state index in [0.29, 0.717) is 22.8 Å². The van der Waals surface area contributed by atoms with Crippen LogP contribution in [-0.4, -0.2) is 27.0 Å². The number of carbonyl (C=O) groups is 2. The van der Waals surface area contributed by atoms with E-state index in [1.807, 2.05) is 0 Å². The first-order valence-electron chi connectivity index (χ1n) is 5.42. The largest absolute Gasteiger partial charge is 0.478 e. The summed E-state index contributed by atoms with van der Waals surface area (Å²) in [5.41, 5.74) is 0.587. The summed E-state index contributed by atoms with van der Waals surface area (Å²) in [5, 5.41) is 13.0. The molecule has 2 rings (SSSR count). The molecule has 7 heteroatoms. The molecule has 0 spiro atoms. The third-order valence-corrected chi connectivity index (χ3v) is 3.21. The smallest absolute Gasteiger partial charge is 0.328 e. The van der Waals surface area contributed by atoms with Crippen LogP contribution in [0.5, 0.6) is 0 Å². The maximum absolute atomic E-state index is 11.9. The Morgan fingerprint density at radius 3 is 3.05 bits per heavy atom. The fraction of sp³-hybridized carbons (Fsp3) is 0.0833. The van der Waals surface area contributed by atoms with Crippen molar-refractivity contribution in [3.63, 3.8) is 0 Å². The van der Waals surface area contributed by atoms with Crippen molar-refractivity contribution in [3.05, 3.63) is 46.2 Å². The zero-order chi connectivity index (χ0) is 13.7. The molecule has 0 fully saturated rings. The number of nitrogens with zero attached hydrogens (tertiary/aromatic N) is 1. The maximum atomic E-state index is 11.9. The van der Waals surface area contributed by atoms with Gasteiger partial charge in [0.15, 0.2) is 0 Å². The van der Waals surface area contributed by atoms with E-state index in [1.54, 1.807) is 23.8 Å². The summed E-state index contributed by atoms with van der Waals surface area (Å²) in [6, 6.07) is 1.70. The van der Waals surface area contributed by atoms with Gasteiger partial charge in [0.05, 0.1) is 11.4 Å². The molecule has 98 valence electrons. The van der Waals surface area contributed by atoms with E-state index in [0.717, 1.165) is 6.08 Å². The van der Waals surface area contributed by atoms with E-state index in [9.17, 15) is 9.59 Å². The number of nitrogens with one attached hydrogen (secondary N) is 2. The topological polar surface area (TPSA) is 95.1 Å². The van der Waals surface area contributed by atoms with Crippen molar-refractivity contribution in [2.24, 2.45) is 0 Å². The molecule has 0 aliphatic rings. The lowest BCUT2D eigenvalue weighted by atomic mass is 10.2. The van der Waals surface area contributed by atoms with Crippen molar-refractivity contribution < 1.29 is 14.7 Å². The average molecular weight is 277 g/mol. The highest BCUT2D eigenvalue weighted by Gasteiger charge is 2.11. The molecule has 0 bridgehead atoms. The van der Waals surface area contributed by atoms with Crippen LogP contribution in [0.25, 0.3) is 6.08 Å². The van der Waals surface area contributed by atoms with Crippen molar-refractivity contribution >= 4 is 29.3 Å². The molecule has 1 amide bonds. The third kappa shape index (κ3) is 3.52. The molecule has 6 nitrogen and oxygen atoms in total. The highest BCUT2D eigenvalue weighted by atomic mass is 32.1. The molecule has 2 aromatic rings.